The molecule has 0 aliphatic rings. The van der Waals surface area contributed by atoms with Crippen LogP contribution in [0, 0.1) is 5.82 Å². The molecule has 0 spiro atoms. The smallest absolute Gasteiger partial charge is 0.320 e. The lowest BCUT2D eigenvalue weighted by atomic mass is 10.3. The van der Waals surface area contributed by atoms with Crippen molar-refractivity contribution in [1.29, 1.82) is 0 Å². The third kappa shape index (κ3) is 3.91. The molecule has 7 heteroatoms. The van der Waals surface area contributed by atoms with E-state index in [9.17, 15) is 4.39 Å². The van der Waals surface area contributed by atoms with Crippen LogP contribution in [0.3, 0.4) is 0 Å². The molecule has 1 aromatic carbocycles. The van der Waals surface area contributed by atoms with Gasteiger partial charge in [-0.3, -0.25) is 0 Å². The highest BCUT2D eigenvalue weighted by atomic mass is 19.1. The van der Waals surface area contributed by atoms with Crippen molar-refractivity contribution in [3.63, 3.8) is 0 Å². The largest absolute Gasteiger partial charge is 0.494 e. The zero-order valence-corrected chi connectivity index (χ0v) is 12.3. The van der Waals surface area contributed by atoms with Gasteiger partial charge in [0.2, 0.25) is 5.89 Å². The molecule has 0 saturated heterocycles. The Kier molecular flexibility index (Phi) is 5.10. The molecule has 2 rings (SSSR count). The quantitative estimate of drug-likeness (QED) is 0.818. The first-order valence-electron chi connectivity index (χ1n) is 6.81. The summed E-state index contributed by atoms with van der Waals surface area (Å²) in [7, 11) is 1.42. The van der Waals surface area contributed by atoms with E-state index in [-0.39, 0.29) is 17.8 Å². The van der Waals surface area contributed by atoms with Gasteiger partial charge in [0, 0.05) is 11.8 Å². The van der Waals surface area contributed by atoms with Crippen LogP contribution in [0.2, 0.25) is 0 Å². The normalized spacial score (nSPS) is 12.2. The van der Waals surface area contributed by atoms with E-state index in [0.717, 1.165) is 13.0 Å². The molecule has 0 aliphatic carbocycles. The van der Waals surface area contributed by atoms with Crippen LogP contribution in [-0.2, 0) is 0 Å². The second kappa shape index (κ2) is 7.03. The first kappa shape index (κ1) is 15.2. The van der Waals surface area contributed by atoms with Gasteiger partial charge < -0.3 is 19.8 Å². The van der Waals surface area contributed by atoms with Crippen molar-refractivity contribution < 1.29 is 13.5 Å². The Hall–Kier alpha value is -2.15. The molecule has 114 valence electrons. The van der Waals surface area contributed by atoms with Gasteiger partial charge in [-0.15, -0.1) is 5.10 Å². The first-order valence-corrected chi connectivity index (χ1v) is 6.81. The Bertz CT molecular complexity index is 588. The summed E-state index contributed by atoms with van der Waals surface area (Å²) in [4.78, 5) is 0. The van der Waals surface area contributed by atoms with E-state index < -0.39 is 5.82 Å². The molecular weight excluding hydrogens is 275 g/mol. The lowest BCUT2D eigenvalue weighted by molar-refractivity contribution is 0.386. The third-order valence-corrected chi connectivity index (χ3v) is 2.91. The molecule has 0 bridgehead atoms. The van der Waals surface area contributed by atoms with Crippen LogP contribution >= 0.6 is 0 Å². The van der Waals surface area contributed by atoms with Crippen LogP contribution in [0.5, 0.6) is 5.75 Å². The van der Waals surface area contributed by atoms with Gasteiger partial charge in [-0.25, -0.2) is 4.39 Å². The molecule has 0 amide bonds. The highest BCUT2D eigenvalue weighted by molar-refractivity contribution is 5.53. The van der Waals surface area contributed by atoms with Crippen molar-refractivity contribution >= 4 is 11.7 Å². The Morgan fingerprint density at radius 2 is 2.19 bits per heavy atom. The Morgan fingerprint density at radius 1 is 1.38 bits per heavy atom. The van der Waals surface area contributed by atoms with Gasteiger partial charge in [-0.2, -0.15) is 0 Å². The van der Waals surface area contributed by atoms with Crippen molar-refractivity contribution in [2.45, 2.75) is 26.3 Å². The molecule has 0 aliphatic heterocycles. The maximum atomic E-state index is 13.6. The minimum atomic E-state index is -0.458. The standard InChI is InChI=1S/C14H19FN4O2/c1-4-7-16-9(2)13-18-19-14(21-13)17-10-5-6-12(20-3)11(15)8-10/h5-6,8-9,16H,4,7H2,1-3H3,(H,17,19). The van der Waals surface area contributed by atoms with Crippen molar-refractivity contribution in [2.24, 2.45) is 0 Å². The fourth-order valence-electron chi connectivity index (χ4n) is 1.78. The van der Waals surface area contributed by atoms with E-state index in [4.69, 9.17) is 9.15 Å². The second-order valence-corrected chi connectivity index (χ2v) is 4.60. The van der Waals surface area contributed by atoms with Crippen molar-refractivity contribution in [1.82, 2.24) is 15.5 Å². The lowest BCUT2D eigenvalue weighted by Crippen LogP contribution is -2.19. The molecule has 1 unspecified atom stereocenters. The summed E-state index contributed by atoms with van der Waals surface area (Å²) in [6.07, 6.45) is 1.02. The number of nitrogens with zero attached hydrogens (tertiary/aromatic N) is 2. The summed E-state index contributed by atoms with van der Waals surface area (Å²) in [5.41, 5.74) is 0.512. The predicted octanol–water partition coefficient (Wildman–Crippen LogP) is 3.02. The van der Waals surface area contributed by atoms with E-state index in [1.54, 1.807) is 6.07 Å². The van der Waals surface area contributed by atoms with E-state index >= 15 is 0 Å². The van der Waals surface area contributed by atoms with E-state index in [2.05, 4.69) is 27.8 Å². The number of halogens is 1. The minimum absolute atomic E-state index is 0.0272. The molecule has 0 saturated carbocycles. The average molecular weight is 294 g/mol. The van der Waals surface area contributed by atoms with Gasteiger partial charge in [0.25, 0.3) is 0 Å². The number of nitrogens with one attached hydrogen (secondary N) is 2. The highest BCUT2D eigenvalue weighted by Crippen LogP contribution is 2.23. The molecule has 2 N–H and O–H groups in total. The number of ether oxygens (including phenoxy) is 1. The molecule has 2 aromatic rings. The highest BCUT2D eigenvalue weighted by Gasteiger charge is 2.13. The zero-order valence-electron chi connectivity index (χ0n) is 12.3. The van der Waals surface area contributed by atoms with Crippen LogP contribution in [0.4, 0.5) is 16.1 Å². The average Bonchev–Trinajstić information content (AvgIpc) is 2.93. The topological polar surface area (TPSA) is 72.2 Å². The monoisotopic (exact) mass is 294 g/mol. The Labute approximate surface area is 122 Å². The Morgan fingerprint density at radius 3 is 2.86 bits per heavy atom. The summed E-state index contributed by atoms with van der Waals surface area (Å²) < 4.78 is 23.9. The van der Waals surface area contributed by atoms with Crippen LogP contribution in [-0.4, -0.2) is 23.9 Å². The number of methoxy groups -OCH3 is 1. The molecule has 0 fully saturated rings. The summed E-state index contributed by atoms with van der Waals surface area (Å²) in [6.45, 7) is 4.90. The summed E-state index contributed by atoms with van der Waals surface area (Å²) in [5, 5.41) is 14.0. The molecule has 1 aromatic heterocycles. The maximum Gasteiger partial charge on any atom is 0.320 e. The van der Waals surface area contributed by atoms with Crippen LogP contribution in [0.15, 0.2) is 22.6 Å². The summed E-state index contributed by atoms with van der Waals surface area (Å²) in [6, 6.07) is 4.70. The molecular formula is C14H19FN4O2. The molecule has 1 atom stereocenters. The van der Waals surface area contributed by atoms with Crippen LogP contribution in [0.25, 0.3) is 0 Å². The SMILES string of the molecule is CCCNC(C)c1nnc(Nc2ccc(OC)c(F)c2)o1. The number of aromatic nitrogens is 2. The van der Waals surface area contributed by atoms with Gasteiger partial charge >= 0.3 is 6.01 Å². The molecule has 0 radical (unpaired) electrons. The Balaban J connectivity index is 2.03. The summed E-state index contributed by atoms with van der Waals surface area (Å²) >= 11 is 0. The fourth-order valence-corrected chi connectivity index (χ4v) is 1.78. The van der Waals surface area contributed by atoms with Crippen molar-refractivity contribution in [3.05, 3.63) is 29.9 Å². The molecule has 6 nitrogen and oxygen atoms in total. The van der Waals surface area contributed by atoms with Gasteiger partial charge in [0.1, 0.15) is 0 Å². The zero-order chi connectivity index (χ0) is 15.2. The number of hydrogen-bond acceptors (Lipinski definition) is 6. The fraction of sp³-hybridized carbons (Fsp3) is 0.429. The number of anilines is 2. The predicted molar refractivity (Wildman–Crippen MR) is 77.2 cm³/mol. The van der Waals surface area contributed by atoms with E-state index in [1.807, 2.05) is 6.92 Å². The first-order chi connectivity index (χ1) is 10.1. The number of benzene rings is 1. The van der Waals surface area contributed by atoms with Crippen molar-refractivity contribution in [3.8, 4) is 5.75 Å². The number of hydrogen-bond donors (Lipinski definition) is 2. The van der Waals surface area contributed by atoms with Gasteiger partial charge in [0.05, 0.1) is 13.2 Å². The second-order valence-electron chi connectivity index (χ2n) is 4.60. The number of rotatable bonds is 7. The van der Waals surface area contributed by atoms with Crippen LogP contribution in [0.1, 0.15) is 32.2 Å². The molecule has 1 heterocycles. The van der Waals surface area contributed by atoms with E-state index in [0.29, 0.717) is 11.6 Å². The molecule has 21 heavy (non-hydrogen) atoms. The maximum absolute atomic E-state index is 13.6. The van der Waals surface area contributed by atoms with Crippen LogP contribution < -0.4 is 15.4 Å². The van der Waals surface area contributed by atoms with Gasteiger partial charge in [-0.1, -0.05) is 12.0 Å². The van der Waals surface area contributed by atoms with Crippen molar-refractivity contribution in [2.75, 3.05) is 19.0 Å². The van der Waals surface area contributed by atoms with E-state index in [1.165, 1.54) is 19.2 Å². The van der Waals surface area contributed by atoms with Gasteiger partial charge in [0.15, 0.2) is 11.6 Å². The summed E-state index contributed by atoms with van der Waals surface area (Å²) in [5.74, 6) is 0.212. The lowest BCUT2D eigenvalue weighted by Gasteiger charge is -2.07. The minimum Gasteiger partial charge on any atom is -0.494 e. The van der Waals surface area contributed by atoms with Gasteiger partial charge in [-0.05, 0) is 32.0 Å². The third-order valence-electron chi connectivity index (χ3n) is 2.91.